The molecule has 116 valence electrons. The summed E-state index contributed by atoms with van der Waals surface area (Å²) < 4.78 is 5.56. The first-order valence-electron chi connectivity index (χ1n) is 7.28. The van der Waals surface area contributed by atoms with E-state index in [0.29, 0.717) is 23.9 Å². The van der Waals surface area contributed by atoms with Gasteiger partial charge in [-0.15, -0.1) is 0 Å². The predicted octanol–water partition coefficient (Wildman–Crippen LogP) is 2.98. The Balaban J connectivity index is 1.81. The highest BCUT2D eigenvalue weighted by atomic mass is 35.5. The molecule has 6 heteroatoms. The largest absolute Gasteiger partial charge is 0.375 e. The third kappa shape index (κ3) is 3.00. The monoisotopic (exact) mass is 319 g/mol. The van der Waals surface area contributed by atoms with Crippen LogP contribution in [0.25, 0.3) is 11.3 Å². The van der Waals surface area contributed by atoms with Crippen LogP contribution in [0.2, 0.25) is 5.02 Å². The van der Waals surface area contributed by atoms with E-state index in [-0.39, 0.29) is 18.1 Å². The fraction of sp³-hybridized carbons (Fsp3) is 0.375. The molecule has 1 aromatic carbocycles. The molecule has 5 nitrogen and oxygen atoms in total. The van der Waals surface area contributed by atoms with Crippen molar-refractivity contribution in [2.24, 2.45) is 0 Å². The first kappa shape index (κ1) is 15.1. The van der Waals surface area contributed by atoms with Crippen molar-refractivity contribution < 1.29 is 9.53 Å². The Bertz CT molecular complexity index is 668. The van der Waals surface area contributed by atoms with Crippen LogP contribution < -0.4 is 0 Å². The molecule has 0 saturated carbocycles. The second-order valence-corrected chi connectivity index (χ2v) is 6.06. The Hall–Kier alpha value is -1.85. The van der Waals surface area contributed by atoms with Crippen LogP contribution >= 0.6 is 11.6 Å². The second-order valence-electron chi connectivity index (χ2n) is 5.62. The van der Waals surface area contributed by atoms with Gasteiger partial charge in [-0.3, -0.25) is 9.89 Å². The lowest BCUT2D eigenvalue weighted by Crippen LogP contribution is -2.50. The molecular formula is C16H18ClN3O2. The Morgan fingerprint density at radius 1 is 1.36 bits per heavy atom. The van der Waals surface area contributed by atoms with E-state index in [1.165, 1.54) is 0 Å². The zero-order valence-electron chi connectivity index (χ0n) is 12.5. The van der Waals surface area contributed by atoms with Crippen LogP contribution in [0.5, 0.6) is 0 Å². The van der Waals surface area contributed by atoms with Gasteiger partial charge in [0.05, 0.1) is 24.4 Å². The lowest BCUT2D eigenvalue weighted by Gasteiger charge is -2.36. The van der Waals surface area contributed by atoms with Gasteiger partial charge >= 0.3 is 0 Å². The molecule has 0 aliphatic carbocycles. The van der Waals surface area contributed by atoms with E-state index >= 15 is 0 Å². The number of carbonyl (C=O) groups is 1. The number of morpholine rings is 1. The zero-order valence-corrected chi connectivity index (χ0v) is 13.3. The fourth-order valence-corrected chi connectivity index (χ4v) is 2.67. The minimum absolute atomic E-state index is 0.0460. The molecule has 2 aromatic rings. The summed E-state index contributed by atoms with van der Waals surface area (Å²) in [5.41, 5.74) is 2.14. The quantitative estimate of drug-likeness (QED) is 0.925. The average Bonchev–Trinajstić information content (AvgIpc) is 2.99. The average molecular weight is 320 g/mol. The summed E-state index contributed by atoms with van der Waals surface area (Å²) in [6.07, 6.45) is 0.0545. The Morgan fingerprint density at radius 2 is 2.09 bits per heavy atom. The normalized spacial score (nSPS) is 21.9. The number of aromatic nitrogens is 2. The van der Waals surface area contributed by atoms with Gasteiger partial charge in [0.1, 0.15) is 5.69 Å². The summed E-state index contributed by atoms with van der Waals surface area (Å²) >= 11 is 5.89. The summed E-state index contributed by atoms with van der Waals surface area (Å²) in [5, 5.41) is 7.74. The Morgan fingerprint density at radius 3 is 2.82 bits per heavy atom. The van der Waals surface area contributed by atoms with Gasteiger partial charge in [0.15, 0.2) is 0 Å². The lowest BCUT2D eigenvalue weighted by atomic mass is 10.1. The lowest BCUT2D eigenvalue weighted by molar-refractivity contribution is -0.0389. The van der Waals surface area contributed by atoms with Crippen LogP contribution in [0.3, 0.4) is 0 Å². The first-order chi connectivity index (χ1) is 10.5. The summed E-state index contributed by atoms with van der Waals surface area (Å²) in [7, 11) is 0. The summed E-state index contributed by atoms with van der Waals surface area (Å²) in [6.45, 7) is 5.11. The minimum Gasteiger partial charge on any atom is -0.375 e. The predicted molar refractivity (Wildman–Crippen MR) is 84.9 cm³/mol. The number of benzene rings is 1. The minimum atomic E-state index is -0.0460. The van der Waals surface area contributed by atoms with E-state index in [1.54, 1.807) is 18.2 Å². The molecule has 2 unspecified atom stereocenters. The van der Waals surface area contributed by atoms with E-state index in [9.17, 15) is 4.79 Å². The van der Waals surface area contributed by atoms with Gasteiger partial charge in [-0.25, -0.2) is 0 Å². The van der Waals surface area contributed by atoms with E-state index < -0.39 is 0 Å². The van der Waals surface area contributed by atoms with Gasteiger partial charge in [0, 0.05) is 17.1 Å². The topological polar surface area (TPSA) is 58.2 Å². The molecule has 1 aliphatic heterocycles. The highest BCUT2D eigenvalue weighted by molar-refractivity contribution is 6.30. The van der Waals surface area contributed by atoms with Crippen molar-refractivity contribution in [2.45, 2.75) is 26.0 Å². The molecule has 1 amide bonds. The molecule has 1 saturated heterocycles. The standard InChI is InChI=1S/C16H18ClN3O2/c1-10-9-22-11(2)8-20(10)16(21)15-7-14(18-19-15)12-3-5-13(17)6-4-12/h3-7,10-11H,8-9H2,1-2H3,(H,18,19). The molecule has 1 N–H and O–H groups in total. The third-order valence-corrected chi connectivity index (χ3v) is 4.07. The number of carbonyl (C=O) groups excluding carboxylic acids is 1. The van der Waals surface area contributed by atoms with E-state index in [0.717, 1.165) is 11.3 Å². The van der Waals surface area contributed by atoms with Crippen molar-refractivity contribution in [3.63, 3.8) is 0 Å². The SMILES string of the molecule is CC1CN(C(=O)c2cc(-c3ccc(Cl)cc3)n[nH]2)C(C)CO1. The van der Waals surface area contributed by atoms with Crippen molar-refractivity contribution in [2.75, 3.05) is 13.2 Å². The number of nitrogens with one attached hydrogen (secondary N) is 1. The number of ether oxygens (including phenoxy) is 1. The molecule has 2 atom stereocenters. The number of nitrogens with zero attached hydrogens (tertiary/aromatic N) is 2. The molecule has 1 aliphatic rings. The molecule has 3 rings (SSSR count). The van der Waals surface area contributed by atoms with Gasteiger partial charge in [-0.2, -0.15) is 5.10 Å². The smallest absolute Gasteiger partial charge is 0.272 e. The van der Waals surface area contributed by atoms with Gasteiger partial charge in [-0.05, 0) is 32.0 Å². The van der Waals surface area contributed by atoms with Gasteiger partial charge < -0.3 is 9.64 Å². The molecule has 1 aromatic heterocycles. The van der Waals surface area contributed by atoms with Gasteiger partial charge in [-0.1, -0.05) is 23.7 Å². The van der Waals surface area contributed by atoms with Crippen LogP contribution in [-0.4, -0.2) is 46.3 Å². The zero-order chi connectivity index (χ0) is 15.7. The maximum atomic E-state index is 12.6. The van der Waals surface area contributed by atoms with Gasteiger partial charge in [0.2, 0.25) is 0 Å². The fourth-order valence-electron chi connectivity index (χ4n) is 2.54. The molecule has 0 bridgehead atoms. The number of hydrogen-bond donors (Lipinski definition) is 1. The Labute approximate surface area is 134 Å². The second kappa shape index (κ2) is 6.10. The van der Waals surface area contributed by atoms with Crippen LogP contribution in [0.4, 0.5) is 0 Å². The van der Waals surface area contributed by atoms with E-state index in [1.807, 2.05) is 30.9 Å². The van der Waals surface area contributed by atoms with Crippen LogP contribution in [0.1, 0.15) is 24.3 Å². The summed E-state index contributed by atoms with van der Waals surface area (Å²) in [6, 6.07) is 9.21. The van der Waals surface area contributed by atoms with Crippen LogP contribution in [-0.2, 0) is 4.74 Å². The highest BCUT2D eigenvalue weighted by Crippen LogP contribution is 2.21. The molecule has 22 heavy (non-hydrogen) atoms. The molecular weight excluding hydrogens is 302 g/mol. The van der Waals surface area contributed by atoms with Crippen LogP contribution in [0.15, 0.2) is 30.3 Å². The summed E-state index contributed by atoms with van der Waals surface area (Å²) in [5.74, 6) is -0.0460. The van der Waals surface area contributed by atoms with Crippen LogP contribution in [0, 0.1) is 0 Å². The number of H-pyrrole nitrogens is 1. The van der Waals surface area contributed by atoms with E-state index in [4.69, 9.17) is 16.3 Å². The number of amides is 1. The third-order valence-electron chi connectivity index (χ3n) is 3.82. The van der Waals surface area contributed by atoms with Crippen molar-refractivity contribution in [3.05, 3.63) is 41.0 Å². The number of halogens is 1. The van der Waals surface area contributed by atoms with Crippen molar-refractivity contribution in [1.82, 2.24) is 15.1 Å². The van der Waals surface area contributed by atoms with Gasteiger partial charge in [0.25, 0.3) is 5.91 Å². The number of hydrogen-bond acceptors (Lipinski definition) is 3. The Kier molecular flexibility index (Phi) is 4.18. The number of rotatable bonds is 2. The summed E-state index contributed by atoms with van der Waals surface area (Å²) in [4.78, 5) is 14.5. The maximum absolute atomic E-state index is 12.6. The van der Waals surface area contributed by atoms with Crippen molar-refractivity contribution in [1.29, 1.82) is 0 Å². The van der Waals surface area contributed by atoms with Crippen molar-refractivity contribution >= 4 is 17.5 Å². The van der Waals surface area contributed by atoms with Crippen molar-refractivity contribution in [3.8, 4) is 11.3 Å². The molecule has 2 heterocycles. The first-order valence-corrected chi connectivity index (χ1v) is 7.66. The highest BCUT2D eigenvalue weighted by Gasteiger charge is 2.29. The molecule has 0 spiro atoms. The molecule has 1 fully saturated rings. The molecule has 0 radical (unpaired) electrons. The van der Waals surface area contributed by atoms with E-state index in [2.05, 4.69) is 10.2 Å². The maximum Gasteiger partial charge on any atom is 0.272 e. The number of aromatic amines is 1.